The van der Waals surface area contributed by atoms with Crippen molar-refractivity contribution in [3.05, 3.63) is 46.1 Å². The molecule has 3 rings (SSSR count). The number of benzene rings is 1. The van der Waals surface area contributed by atoms with Crippen molar-refractivity contribution in [3.63, 3.8) is 0 Å². The number of nitrogens with zero attached hydrogens (tertiary/aromatic N) is 1. The zero-order valence-corrected chi connectivity index (χ0v) is 16.6. The second-order valence-corrected chi connectivity index (χ2v) is 6.85. The van der Waals surface area contributed by atoms with Crippen LogP contribution in [0.3, 0.4) is 0 Å². The molecule has 1 aromatic carbocycles. The molecule has 0 atom stereocenters. The Balaban J connectivity index is 1.79. The molecule has 10 heteroatoms. The van der Waals surface area contributed by atoms with Gasteiger partial charge in [-0.15, -0.1) is 11.3 Å². The minimum atomic E-state index is -0.559. The second-order valence-electron chi connectivity index (χ2n) is 5.58. The number of amides is 2. The first-order valence-electron chi connectivity index (χ1n) is 8.18. The molecule has 2 heterocycles. The fourth-order valence-electron chi connectivity index (χ4n) is 2.45. The number of hydrogen-bond acceptors (Lipinski definition) is 6. The summed E-state index contributed by atoms with van der Waals surface area (Å²) in [6.45, 7) is 2.24. The zero-order valence-electron chi connectivity index (χ0n) is 15.0. The zero-order chi connectivity index (χ0) is 20.3. The van der Waals surface area contributed by atoms with Crippen molar-refractivity contribution >= 4 is 39.9 Å². The van der Waals surface area contributed by atoms with Crippen LogP contribution in [0.15, 0.2) is 29.8 Å². The number of anilines is 1. The molecule has 0 aliphatic carbocycles. The number of halogens is 1. The van der Waals surface area contributed by atoms with Gasteiger partial charge in [-0.25, -0.2) is 4.98 Å². The Morgan fingerprint density at radius 3 is 2.79 bits per heavy atom. The number of aromatic nitrogens is 2. The monoisotopic (exact) mass is 420 g/mol. The highest BCUT2D eigenvalue weighted by atomic mass is 35.5. The summed E-state index contributed by atoms with van der Waals surface area (Å²) in [5.41, 5.74) is 7.11. The molecule has 0 bridgehead atoms. The molecule has 0 radical (unpaired) electrons. The van der Waals surface area contributed by atoms with Gasteiger partial charge >= 0.3 is 0 Å². The second kappa shape index (κ2) is 8.32. The van der Waals surface area contributed by atoms with Crippen LogP contribution in [-0.2, 0) is 0 Å². The van der Waals surface area contributed by atoms with E-state index in [1.807, 2.05) is 6.92 Å². The van der Waals surface area contributed by atoms with Gasteiger partial charge in [0.15, 0.2) is 16.6 Å². The van der Waals surface area contributed by atoms with Gasteiger partial charge in [-0.1, -0.05) is 11.6 Å². The predicted molar refractivity (Wildman–Crippen MR) is 108 cm³/mol. The first-order valence-corrected chi connectivity index (χ1v) is 9.44. The number of methoxy groups -OCH3 is 1. The Morgan fingerprint density at radius 1 is 1.36 bits per heavy atom. The highest BCUT2D eigenvalue weighted by Gasteiger charge is 2.17. The molecule has 28 heavy (non-hydrogen) atoms. The number of carbonyl (C=O) groups is 2. The maximum atomic E-state index is 12.6. The average Bonchev–Trinajstić information content (AvgIpc) is 3.32. The van der Waals surface area contributed by atoms with E-state index in [1.54, 1.807) is 23.7 Å². The number of aromatic amines is 1. The van der Waals surface area contributed by atoms with Crippen LogP contribution in [0.25, 0.3) is 11.3 Å². The third-order valence-electron chi connectivity index (χ3n) is 3.75. The molecular formula is C18H17ClN4O4S. The Bertz CT molecular complexity index is 1030. The fraction of sp³-hybridized carbons (Fsp3) is 0.167. The van der Waals surface area contributed by atoms with Crippen molar-refractivity contribution in [3.8, 4) is 22.8 Å². The third-order valence-corrected chi connectivity index (χ3v) is 4.79. The molecule has 0 unspecified atom stereocenters. The van der Waals surface area contributed by atoms with Crippen LogP contribution in [0.5, 0.6) is 11.5 Å². The maximum absolute atomic E-state index is 12.6. The van der Waals surface area contributed by atoms with Crippen molar-refractivity contribution in [2.24, 2.45) is 5.73 Å². The molecule has 8 nitrogen and oxygen atoms in total. The first-order chi connectivity index (χ1) is 13.4. The summed E-state index contributed by atoms with van der Waals surface area (Å²) in [5.74, 6) is -0.199. The molecule has 0 aliphatic heterocycles. The summed E-state index contributed by atoms with van der Waals surface area (Å²) < 4.78 is 10.7. The Kier molecular flexibility index (Phi) is 5.86. The van der Waals surface area contributed by atoms with Gasteiger partial charge in [-0.05, 0) is 25.1 Å². The normalized spacial score (nSPS) is 10.5. The number of nitrogens with two attached hydrogens (primary N) is 1. The third kappa shape index (κ3) is 4.10. The predicted octanol–water partition coefficient (Wildman–Crippen LogP) is 3.55. The minimum absolute atomic E-state index is 0.275. The highest BCUT2D eigenvalue weighted by molar-refractivity contribution is 7.14. The first kappa shape index (κ1) is 19.7. The Morgan fingerprint density at radius 2 is 2.14 bits per heavy atom. The van der Waals surface area contributed by atoms with Crippen molar-refractivity contribution in [2.75, 3.05) is 19.0 Å². The van der Waals surface area contributed by atoms with Crippen molar-refractivity contribution < 1.29 is 19.1 Å². The van der Waals surface area contributed by atoms with E-state index in [2.05, 4.69) is 15.3 Å². The largest absolute Gasteiger partial charge is 0.493 e. The molecular weight excluding hydrogens is 404 g/mol. The summed E-state index contributed by atoms with van der Waals surface area (Å²) in [6, 6.07) is 4.65. The average molecular weight is 421 g/mol. The molecule has 2 aromatic heterocycles. The lowest BCUT2D eigenvalue weighted by atomic mass is 10.2. The lowest BCUT2D eigenvalue weighted by Crippen LogP contribution is -2.12. The summed E-state index contributed by atoms with van der Waals surface area (Å²) in [6.07, 6.45) is 1.62. The quantitative estimate of drug-likeness (QED) is 0.540. The molecule has 0 spiro atoms. The van der Waals surface area contributed by atoms with Crippen molar-refractivity contribution in [1.29, 1.82) is 0 Å². The van der Waals surface area contributed by atoms with Gasteiger partial charge in [-0.2, -0.15) is 0 Å². The van der Waals surface area contributed by atoms with Gasteiger partial charge in [0, 0.05) is 22.7 Å². The van der Waals surface area contributed by atoms with Crippen LogP contribution >= 0.6 is 22.9 Å². The van der Waals surface area contributed by atoms with Crippen LogP contribution in [0.2, 0.25) is 5.02 Å². The van der Waals surface area contributed by atoms with E-state index < -0.39 is 11.8 Å². The summed E-state index contributed by atoms with van der Waals surface area (Å²) in [7, 11) is 1.47. The van der Waals surface area contributed by atoms with E-state index in [0.29, 0.717) is 40.1 Å². The number of H-pyrrole nitrogens is 1. The Hall–Kier alpha value is -3.04. The molecule has 0 aliphatic rings. The molecule has 4 N–H and O–H groups in total. The van der Waals surface area contributed by atoms with E-state index in [0.717, 1.165) is 0 Å². The molecule has 0 fully saturated rings. The van der Waals surface area contributed by atoms with Crippen LogP contribution < -0.4 is 20.5 Å². The van der Waals surface area contributed by atoms with Gasteiger partial charge in [0.1, 0.15) is 5.69 Å². The molecule has 2 amide bonds. The number of primary amides is 1. The van der Waals surface area contributed by atoms with E-state index in [4.69, 9.17) is 26.8 Å². The number of rotatable bonds is 7. The van der Waals surface area contributed by atoms with Crippen molar-refractivity contribution in [2.45, 2.75) is 6.92 Å². The van der Waals surface area contributed by atoms with Gasteiger partial charge in [0.05, 0.1) is 24.4 Å². The van der Waals surface area contributed by atoms with Gasteiger partial charge in [0.2, 0.25) is 0 Å². The van der Waals surface area contributed by atoms with E-state index in [9.17, 15) is 9.59 Å². The van der Waals surface area contributed by atoms with Gasteiger partial charge in [0.25, 0.3) is 11.8 Å². The van der Waals surface area contributed by atoms with Crippen LogP contribution in [0.1, 0.15) is 27.8 Å². The lowest BCUT2D eigenvalue weighted by molar-refractivity contribution is 0.0994. The van der Waals surface area contributed by atoms with Gasteiger partial charge < -0.3 is 20.2 Å². The number of thiazole rings is 1. The summed E-state index contributed by atoms with van der Waals surface area (Å²) in [4.78, 5) is 30.9. The molecule has 0 saturated heterocycles. The van der Waals surface area contributed by atoms with E-state index in [-0.39, 0.29) is 10.7 Å². The fourth-order valence-corrected chi connectivity index (χ4v) is 3.43. The standard InChI is InChI=1S/C18H17ClN4O4S/c1-3-27-15-11(19)4-9(6-14(15)26-2)17(25)23-18-22-13(8-28-18)10-5-12(16(20)24)21-7-10/h4-8,21H,3H2,1-2H3,(H2,20,24)(H,22,23,25). The Labute approximate surface area is 169 Å². The topological polar surface area (TPSA) is 119 Å². The maximum Gasteiger partial charge on any atom is 0.265 e. The number of ether oxygens (including phenoxy) is 2. The SMILES string of the molecule is CCOc1c(Cl)cc(C(=O)Nc2nc(-c3c[nH]c(C(N)=O)c3)cs2)cc1OC. The molecule has 146 valence electrons. The van der Waals surface area contributed by atoms with Crippen LogP contribution in [0.4, 0.5) is 5.13 Å². The van der Waals surface area contributed by atoms with Crippen molar-refractivity contribution in [1.82, 2.24) is 9.97 Å². The van der Waals surface area contributed by atoms with E-state index >= 15 is 0 Å². The number of hydrogen-bond donors (Lipinski definition) is 3. The number of nitrogens with one attached hydrogen (secondary N) is 2. The lowest BCUT2D eigenvalue weighted by Gasteiger charge is -2.12. The number of carbonyl (C=O) groups excluding carboxylic acids is 2. The van der Waals surface area contributed by atoms with Crippen LogP contribution in [0, 0.1) is 0 Å². The summed E-state index contributed by atoms with van der Waals surface area (Å²) >= 11 is 7.46. The molecule has 3 aromatic rings. The van der Waals surface area contributed by atoms with E-state index in [1.165, 1.54) is 24.5 Å². The highest BCUT2D eigenvalue weighted by Crippen LogP contribution is 2.36. The smallest absolute Gasteiger partial charge is 0.265 e. The minimum Gasteiger partial charge on any atom is -0.493 e. The molecule has 0 saturated carbocycles. The van der Waals surface area contributed by atoms with Crippen LogP contribution in [-0.4, -0.2) is 35.5 Å². The van der Waals surface area contributed by atoms with Gasteiger partial charge in [-0.3, -0.25) is 14.9 Å². The summed E-state index contributed by atoms with van der Waals surface area (Å²) in [5, 5.41) is 5.15.